The smallest absolute Gasteiger partial charge is 0.227 e. The van der Waals surface area contributed by atoms with Crippen LogP contribution in [0.5, 0.6) is 11.6 Å². The van der Waals surface area contributed by atoms with Crippen LogP contribution < -0.4 is 10.5 Å². The number of hydrogen-bond acceptors (Lipinski definition) is 5. The predicted molar refractivity (Wildman–Crippen MR) is 67.1 cm³/mol. The van der Waals surface area contributed by atoms with Crippen LogP contribution in [0.15, 0.2) is 30.6 Å². The van der Waals surface area contributed by atoms with Gasteiger partial charge in [0.15, 0.2) is 0 Å². The molecule has 1 aromatic carbocycles. The number of benzene rings is 1. The van der Waals surface area contributed by atoms with Crippen LogP contribution in [0.25, 0.3) is 0 Å². The quantitative estimate of drug-likeness (QED) is 0.889. The van der Waals surface area contributed by atoms with Gasteiger partial charge in [0.1, 0.15) is 24.0 Å². The molecule has 5 heteroatoms. The first kappa shape index (κ1) is 11.9. The van der Waals surface area contributed by atoms with Crippen molar-refractivity contribution in [3.63, 3.8) is 0 Å². The Kier molecular flexibility index (Phi) is 3.39. The molecule has 0 fully saturated rings. The molecule has 1 aromatic heterocycles. The van der Waals surface area contributed by atoms with Crippen LogP contribution >= 0.6 is 0 Å². The van der Waals surface area contributed by atoms with Gasteiger partial charge in [-0.05, 0) is 18.6 Å². The number of aromatic nitrogens is 2. The van der Waals surface area contributed by atoms with Gasteiger partial charge < -0.3 is 10.5 Å². The van der Waals surface area contributed by atoms with Gasteiger partial charge in [0.2, 0.25) is 5.88 Å². The van der Waals surface area contributed by atoms with Crippen molar-refractivity contribution in [2.24, 2.45) is 0 Å². The Hall–Kier alpha value is -2.61. The summed E-state index contributed by atoms with van der Waals surface area (Å²) >= 11 is 0. The zero-order valence-electron chi connectivity index (χ0n) is 9.92. The van der Waals surface area contributed by atoms with Gasteiger partial charge in [-0.25, -0.2) is 9.97 Å². The van der Waals surface area contributed by atoms with Crippen molar-refractivity contribution < 1.29 is 4.74 Å². The molecule has 0 spiro atoms. The molecule has 0 amide bonds. The number of para-hydroxylation sites is 1. The lowest BCUT2D eigenvalue weighted by Crippen LogP contribution is -2.02. The summed E-state index contributed by atoms with van der Waals surface area (Å²) < 4.78 is 5.65. The van der Waals surface area contributed by atoms with Crippen molar-refractivity contribution in [3.05, 3.63) is 41.7 Å². The lowest BCUT2D eigenvalue weighted by Gasteiger charge is -2.10. The van der Waals surface area contributed by atoms with Gasteiger partial charge in [0.05, 0.1) is 11.1 Å². The molecule has 0 saturated heterocycles. The SMILES string of the molecule is CCc1c(N)ncnc1Oc1ccccc1C#N. The van der Waals surface area contributed by atoms with Crippen LogP contribution in [-0.4, -0.2) is 9.97 Å². The number of nitrogen functional groups attached to an aromatic ring is 1. The van der Waals surface area contributed by atoms with E-state index in [0.717, 1.165) is 5.56 Å². The highest BCUT2D eigenvalue weighted by Crippen LogP contribution is 2.27. The lowest BCUT2D eigenvalue weighted by molar-refractivity contribution is 0.454. The molecule has 0 aliphatic carbocycles. The van der Waals surface area contributed by atoms with Crippen LogP contribution in [0, 0.1) is 11.3 Å². The fourth-order valence-electron chi connectivity index (χ4n) is 1.58. The summed E-state index contributed by atoms with van der Waals surface area (Å²) in [7, 11) is 0. The largest absolute Gasteiger partial charge is 0.437 e. The lowest BCUT2D eigenvalue weighted by atomic mass is 10.2. The number of nitriles is 1. The average molecular weight is 240 g/mol. The topological polar surface area (TPSA) is 84.8 Å². The molecule has 18 heavy (non-hydrogen) atoms. The van der Waals surface area contributed by atoms with E-state index in [2.05, 4.69) is 16.0 Å². The van der Waals surface area contributed by atoms with E-state index < -0.39 is 0 Å². The van der Waals surface area contributed by atoms with Crippen molar-refractivity contribution >= 4 is 5.82 Å². The van der Waals surface area contributed by atoms with Gasteiger partial charge in [-0.3, -0.25) is 0 Å². The van der Waals surface area contributed by atoms with E-state index in [9.17, 15) is 0 Å². The fraction of sp³-hybridized carbons (Fsp3) is 0.154. The maximum Gasteiger partial charge on any atom is 0.227 e. The standard InChI is InChI=1S/C13H12N4O/c1-2-10-12(15)16-8-17-13(10)18-11-6-4-3-5-9(11)7-14/h3-6,8H,2H2,1H3,(H2,15,16,17). The molecule has 1 heterocycles. The van der Waals surface area contributed by atoms with Crippen molar-refractivity contribution in [1.29, 1.82) is 5.26 Å². The number of nitrogens with two attached hydrogens (primary N) is 1. The van der Waals surface area contributed by atoms with Gasteiger partial charge in [0.25, 0.3) is 0 Å². The monoisotopic (exact) mass is 240 g/mol. The molecule has 0 radical (unpaired) electrons. The van der Waals surface area contributed by atoms with Crippen molar-refractivity contribution in [1.82, 2.24) is 9.97 Å². The molecule has 0 aliphatic rings. The summed E-state index contributed by atoms with van der Waals surface area (Å²) in [4.78, 5) is 7.97. The third-order valence-corrected chi connectivity index (χ3v) is 2.51. The van der Waals surface area contributed by atoms with E-state index in [1.165, 1.54) is 6.33 Å². The zero-order valence-corrected chi connectivity index (χ0v) is 9.92. The summed E-state index contributed by atoms with van der Waals surface area (Å²) in [6.07, 6.45) is 2.01. The summed E-state index contributed by atoms with van der Waals surface area (Å²) in [5.74, 6) is 1.26. The molecule has 90 valence electrons. The molecule has 5 nitrogen and oxygen atoms in total. The maximum atomic E-state index is 8.99. The van der Waals surface area contributed by atoms with Crippen molar-refractivity contribution in [2.45, 2.75) is 13.3 Å². The van der Waals surface area contributed by atoms with E-state index in [0.29, 0.717) is 29.4 Å². The third kappa shape index (κ3) is 2.23. The van der Waals surface area contributed by atoms with E-state index >= 15 is 0 Å². The summed E-state index contributed by atoms with van der Waals surface area (Å²) in [5, 5.41) is 8.99. The first-order valence-electron chi connectivity index (χ1n) is 5.52. The fourth-order valence-corrected chi connectivity index (χ4v) is 1.58. The molecule has 0 atom stereocenters. The number of hydrogen-bond donors (Lipinski definition) is 1. The Morgan fingerprint density at radius 1 is 1.33 bits per heavy atom. The molecule has 0 aliphatic heterocycles. The normalized spacial score (nSPS) is 9.78. The number of rotatable bonds is 3. The molecule has 2 rings (SSSR count). The maximum absolute atomic E-state index is 8.99. The van der Waals surface area contributed by atoms with Crippen LogP contribution in [-0.2, 0) is 6.42 Å². The van der Waals surface area contributed by atoms with Crippen LogP contribution in [0.1, 0.15) is 18.1 Å². The van der Waals surface area contributed by atoms with Crippen LogP contribution in [0.2, 0.25) is 0 Å². The molecule has 2 aromatic rings. The third-order valence-electron chi connectivity index (χ3n) is 2.51. The second kappa shape index (κ2) is 5.15. The van der Waals surface area contributed by atoms with Gasteiger partial charge in [-0.2, -0.15) is 5.26 Å². The van der Waals surface area contributed by atoms with E-state index in [4.69, 9.17) is 15.7 Å². The minimum atomic E-state index is 0.396. The van der Waals surface area contributed by atoms with E-state index in [-0.39, 0.29) is 0 Å². The number of nitrogens with zero attached hydrogens (tertiary/aromatic N) is 3. The Bertz CT molecular complexity index is 604. The molecule has 0 bridgehead atoms. The predicted octanol–water partition coefficient (Wildman–Crippen LogP) is 2.29. The summed E-state index contributed by atoms with van der Waals surface area (Å²) in [6, 6.07) is 9.05. The average Bonchev–Trinajstić information content (AvgIpc) is 2.40. The highest BCUT2D eigenvalue weighted by atomic mass is 16.5. The minimum absolute atomic E-state index is 0.396. The molecule has 0 unspecified atom stereocenters. The molecular formula is C13H12N4O. The first-order valence-corrected chi connectivity index (χ1v) is 5.52. The number of anilines is 1. The molecule has 0 saturated carbocycles. The van der Waals surface area contributed by atoms with Gasteiger partial charge in [0, 0.05) is 0 Å². The van der Waals surface area contributed by atoms with E-state index in [1.807, 2.05) is 6.92 Å². The first-order chi connectivity index (χ1) is 8.76. The Balaban J connectivity index is 2.41. The minimum Gasteiger partial charge on any atom is -0.437 e. The van der Waals surface area contributed by atoms with Gasteiger partial charge in [-0.15, -0.1) is 0 Å². The van der Waals surface area contributed by atoms with Gasteiger partial charge in [-0.1, -0.05) is 19.1 Å². The summed E-state index contributed by atoms with van der Waals surface area (Å²) in [6.45, 7) is 1.94. The Morgan fingerprint density at radius 3 is 2.83 bits per heavy atom. The second-order valence-corrected chi connectivity index (χ2v) is 3.61. The van der Waals surface area contributed by atoms with Crippen LogP contribution in [0.4, 0.5) is 5.82 Å². The Labute approximate surface area is 105 Å². The Morgan fingerprint density at radius 2 is 2.11 bits per heavy atom. The molecule has 2 N–H and O–H groups in total. The zero-order chi connectivity index (χ0) is 13.0. The van der Waals surface area contributed by atoms with Crippen LogP contribution in [0.3, 0.4) is 0 Å². The second-order valence-electron chi connectivity index (χ2n) is 3.61. The highest BCUT2D eigenvalue weighted by molar-refractivity contribution is 5.49. The van der Waals surface area contributed by atoms with Crippen molar-refractivity contribution in [2.75, 3.05) is 5.73 Å². The highest BCUT2D eigenvalue weighted by Gasteiger charge is 2.11. The van der Waals surface area contributed by atoms with E-state index in [1.54, 1.807) is 24.3 Å². The molecular weight excluding hydrogens is 228 g/mol. The van der Waals surface area contributed by atoms with Gasteiger partial charge >= 0.3 is 0 Å². The van der Waals surface area contributed by atoms with Crippen molar-refractivity contribution in [3.8, 4) is 17.7 Å². The summed E-state index contributed by atoms with van der Waals surface area (Å²) in [5.41, 5.74) is 6.96. The number of ether oxygens (including phenoxy) is 1.